The van der Waals surface area contributed by atoms with E-state index in [2.05, 4.69) is 6.07 Å². The van der Waals surface area contributed by atoms with Gasteiger partial charge in [-0.3, -0.25) is 14.5 Å². The molecule has 0 saturated carbocycles. The van der Waals surface area contributed by atoms with Crippen molar-refractivity contribution in [2.45, 2.75) is 30.9 Å². The monoisotopic (exact) mass is 485 g/mol. The minimum absolute atomic E-state index is 0.00814. The van der Waals surface area contributed by atoms with E-state index < -0.39 is 5.25 Å². The van der Waals surface area contributed by atoms with E-state index in [1.807, 2.05) is 24.3 Å². The molecule has 4 rings (SSSR count). The van der Waals surface area contributed by atoms with Crippen molar-refractivity contribution in [3.05, 3.63) is 74.7 Å². The Labute approximate surface area is 201 Å². The number of anilines is 1. The zero-order valence-corrected chi connectivity index (χ0v) is 19.6. The molecule has 0 aliphatic carbocycles. The van der Waals surface area contributed by atoms with Gasteiger partial charge in [-0.25, -0.2) is 0 Å². The number of piperidine rings is 1. The molecular weight excluding hydrogens is 465 g/mol. The fourth-order valence-electron chi connectivity index (χ4n) is 3.95. The van der Waals surface area contributed by atoms with E-state index in [-0.39, 0.29) is 17.4 Å². The molecule has 0 aromatic heterocycles. The van der Waals surface area contributed by atoms with Crippen molar-refractivity contribution in [2.75, 3.05) is 18.0 Å². The summed E-state index contributed by atoms with van der Waals surface area (Å²) in [7, 11) is 0. The van der Waals surface area contributed by atoms with Gasteiger partial charge in [-0.15, -0.1) is 0 Å². The summed E-state index contributed by atoms with van der Waals surface area (Å²) in [5, 5.41) is 10.6. The van der Waals surface area contributed by atoms with E-state index in [9.17, 15) is 14.9 Å². The minimum atomic E-state index is -0.529. The molecule has 0 radical (unpaired) electrons. The lowest BCUT2D eigenvalue weighted by molar-refractivity contribution is -0.127. The highest BCUT2D eigenvalue weighted by Crippen LogP contribution is 2.43. The number of halogens is 2. The summed E-state index contributed by atoms with van der Waals surface area (Å²) in [5.41, 5.74) is 1.38. The predicted molar refractivity (Wildman–Crippen MR) is 129 cm³/mol. The van der Waals surface area contributed by atoms with Crippen LogP contribution in [-0.4, -0.2) is 35.1 Å². The summed E-state index contributed by atoms with van der Waals surface area (Å²) in [6.45, 7) is 1.26. The number of nitriles is 1. The minimum Gasteiger partial charge on any atom is -0.338 e. The van der Waals surface area contributed by atoms with Gasteiger partial charge in [0.1, 0.15) is 16.7 Å². The summed E-state index contributed by atoms with van der Waals surface area (Å²) >= 11 is 13.8. The first-order valence-electron chi connectivity index (χ1n) is 10.4. The van der Waals surface area contributed by atoms with Crippen LogP contribution in [0.5, 0.6) is 0 Å². The lowest BCUT2D eigenvalue weighted by Gasteiger charge is -2.27. The molecule has 2 aliphatic heterocycles. The second kappa shape index (κ2) is 9.99. The van der Waals surface area contributed by atoms with Crippen molar-refractivity contribution in [1.82, 2.24) is 4.90 Å². The second-order valence-corrected chi connectivity index (χ2v) is 9.65. The van der Waals surface area contributed by atoms with Crippen molar-refractivity contribution in [3.8, 4) is 6.07 Å². The molecule has 8 heteroatoms. The van der Waals surface area contributed by atoms with Crippen LogP contribution < -0.4 is 4.90 Å². The van der Waals surface area contributed by atoms with Crippen molar-refractivity contribution in [2.24, 2.45) is 0 Å². The lowest BCUT2D eigenvalue weighted by atomic mass is 10.1. The maximum Gasteiger partial charge on any atom is 0.267 e. The third kappa shape index (κ3) is 4.52. The molecule has 2 aromatic rings. The first kappa shape index (κ1) is 22.7. The summed E-state index contributed by atoms with van der Waals surface area (Å²) in [6.07, 6.45) is 3.26. The molecule has 2 saturated heterocycles. The smallest absolute Gasteiger partial charge is 0.267 e. The van der Waals surface area contributed by atoms with Gasteiger partial charge in [-0.1, -0.05) is 65.3 Å². The van der Waals surface area contributed by atoms with Crippen LogP contribution in [0.4, 0.5) is 5.69 Å². The number of rotatable bonds is 4. The SMILES string of the molecule is N#CC(C(=O)N1CCCCC1)=C1SC(Cc2cccc(Cl)c2Cl)C(=O)N1c1ccccc1. The third-order valence-corrected chi connectivity index (χ3v) is 7.71. The fraction of sp³-hybridized carbons (Fsp3) is 0.292. The van der Waals surface area contributed by atoms with Crippen molar-refractivity contribution < 1.29 is 9.59 Å². The number of hydrogen-bond acceptors (Lipinski definition) is 4. The Morgan fingerprint density at radius 1 is 1.06 bits per heavy atom. The maximum absolute atomic E-state index is 13.5. The van der Waals surface area contributed by atoms with Gasteiger partial charge in [0.2, 0.25) is 5.91 Å². The standard InChI is InChI=1S/C24H21Cl2N3O2S/c25-19-11-7-8-16(21(19)26)14-20-23(31)29(17-9-3-1-4-10-17)24(32-20)18(15-27)22(30)28-12-5-2-6-13-28/h1,3-4,7-11,20H,2,5-6,12-14H2. The number of nitrogens with zero attached hydrogens (tertiary/aromatic N) is 3. The maximum atomic E-state index is 13.5. The van der Waals surface area contributed by atoms with Gasteiger partial charge in [0, 0.05) is 18.8 Å². The van der Waals surface area contributed by atoms with Gasteiger partial charge < -0.3 is 4.90 Å². The zero-order chi connectivity index (χ0) is 22.7. The Kier molecular flexibility index (Phi) is 7.10. The molecule has 1 atom stereocenters. The molecule has 2 amide bonds. The largest absolute Gasteiger partial charge is 0.338 e. The summed E-state index contributed by atoms with van der Waals surface area (Å²) in [4.78, 5) is 29.9. The van der Waals surface area contributed by atoms with Crippen LogP contribution in [0, 0.1) is 11.3 Å². The summed E-state index contributed by atoms with van der Waals surface area (Å²) in [5.74, 6) is -0.503. The number of likely N-dealkylation sites (tertiary alicyclic amines) is 1. The zero-order valence-electron chi connectivity index (χ0n) is 17.3. The van der Waals surface area contributed by atoms with E-state index in [1.165, 1.54) is 16.7 Å². The van der Waals surface area contributed by atoms with E-state index in [4.69, 9.17) is 23.2 Å². The lowest BCUT2D eigenvalue weighted by Crippen LogP contribution is -2.37. The van der Waals surface area contributed by atoms with Crippen LogP contribution in [0.25, 0.3) is 0 Å². The summed E-state index contributed by atoms with van der Waals surface area (Å²) in [6, 6.07) is 16.5. The number of hydrogen-bond donors (Lipinski definition) is 0. The number of amides is 2. The predicted octanol–water partition coefficient (Wildman–Crippen LogP) is 5.43. The fourth-order valence-corrected chi connectivity index (χ4v) is 5.64. The first-order valence-corrected chi connectivity index (χ1v) is 12.1. The van der Waals surface area contributed by atoms with Gasteiger partial charge in [0.15, 0.2) is 0 Å². The van der Waals surface area contributed by atoms with E-state index in [1.54, 1.807) is 29.2 Å². The van der Waals surface area contributed by atoms with Crippen molar-refractivity contribution in [3.63, 3.8) is 0 Å². The third-order valence-electron chi connectivity index (χ3n) is 5.59. The molecule has 2 heterocycles. The molecule has 2 aliphatic rings. The molecule has 2 aromatic carbocycles. The van der Waals surface area contributed by atoms with E-state index in [0.29, 0.717) is 40.3 Å². The molecule has 32 heavy (non-hydrogen) atoms. The average Bonchev–Trinajstić information content (AvgIpc) is 3.14. The van der Waals surface area contributed by atoms with E-state index >= 15 is 0 Å². The molecule has 2 fully saturated rings. The Morgan fingerprint density at radius 3 is 2.47 bits per heavy atom. The van der Waals surface area contributed by atoms with Gasteiger partial charge in [0.25, 0.3) is 5.91 Å². The molecule has 1 unspecified atom stereocenters. The van der Waals surface area contributed by atoms with Crippen LogP contribution in [0.15, 0.2) is 59.1 Å². The molecule has 0 N–H and O–H groups in total. The first-order chi connectivity index (χ1) is 15.5. The van der Waals surface area contributed by atoms with Crippen LogP contribution in [0.2, 0.25) is 10.0 Å². The average molecular weight is 486 g/mol. The molecule has 0 bridgehead atoms. The van der Waals surface area contributed by atoms with Gasteiger partial charge in [-0.2, -0.15) is 5.26 Å². The molecule has 164 valence electrons. The molecule has 0 spiro atoms. The van der Waals surface area contributed by atoms with Gasteiger partial charge in [0.05, 0.1) is 15.3 Å². The van der Waals surface area contributed by atoms with Crippen LogP contribution in [0.3, 0.4) is 0 Å². The molecule has 5 nitrogen and oxygen atoms in total. The summed E-state index contributed by atoms with van der Waals surface area (Å²) < 4.78 is 0. The highest BCUT2D eigenvalue weighted by Gasteiger charge is 2.41. The van der Waals surface area contributed by atoms with Crippen LogP contribution in [-0.2, 0) is 16.0 Å². The number of carbonyl (C=O) groups is 2. The highest BCUT2D eigenvalue weighted by atomic mass is 35.5. The Hall–Kier alpha value is -2.46. The Balaban J connectivity index is 1.74. The number of carbonyl (C=O) groups excluding carboxylic acids is 2. The normalized spacial score (nSPS) is 20.3. The highest BCUT2D eigenvalue weighted by molar-refractivity contribution is 8.05. The van der Waals surface area contributed by atoms with Gasteiger partial charge >= 0.3 is 0 Å². The van der Waals surface area contributed by atoms with Crippen LogP contribution >= 0.6 is 35.0 Å². The Bertz CT molecular complexity index is 1110. The number of thioether (sulfide) groups is 1. The van der Waals surface area contributed by atoms with Crippen molar-refractivity contribution >= 4 is 52.5 Å². The number of benzene rings is 2. The number of para-hydroxylation sites is 1. The molecular formula is C24H21Cl2N3O2S. The van der Waals surface area contributed by atoms with Gasteiger partial charge in [-0.05, 0) is 49.4 Å². The Morgan fingerprint density at radius 2 is 1.78 bits per heavy atom. The second-order valence-electron chi connectivity index (χ2n) is 7.68. The van der Waals surface area contributed by atoms with E-state index in [0.717, 1.165) is 24.8 Å². The van der Waals surface area contributed by atoms with Crippen molar-refractivity contribution in [1.29, 1.82) is 5.26 Å². The topological polar surface area (TPSA) is 64.4 Å². The van der Waals surface area contributed by atoms with Crippen LogP contribution in [0.1, 0.15) is 24.8 Å². The quantitative estimate of drug-likeness (QED) is 0.427.